The zero-order valence-corrected chi connectivity index (χ0v) is 18.6. The topological polar surface area (TPSA) is 94.2 Å². The van der Waals surface area contributed by atoms with Crippen LogP contribution < -0.4 is 5.69 Å². The second kappa shape index (κ2) is 8.65. The summed E-state index contributed by atoms with van der Waals surface area (Å²) in [5.74, 6) is -0.477. The Hall–Kier alpha value is -3.57. The molecule has 0 aliphatic rings. The molecule has 0 radical (unpaired) electrons. The minimum absolute atomic E-state index is 0.00725. The predicted octanol–water partition coefficient (Wildman–Crippen LogP) is 4.40. The van der Waals surface area contributed by atoms with Crippen LogP contribution in [0.1, 0.15) is 5.56 Å². The fourth-order valence-electron chi connectivity index (χ4n) is 3.40. The van der Waals surface area contributed by atoms with Crippen LogP contribution in [0, 0.1) is 0 Å². The van der Waals surface area contributed by atoms with Crippen LogP contribution in [0.3, 0.4) is 0 Å². The summed E-state index contributed by atoms with van der Waals surface area (Å²) in [6, 6.07) is 12.2. The van der Waals surface area contributed by atoms with Crippen LogP contribution in [-0.4, -0.2) is 33.2 Å². The SMILES string of the molecule is O=c1n(Cc2ccncc2-c2cccc(Cl)c2)cc(O)n1-c1ccc(S(=O)(=O)C(F)(F)F)cc1. The van der Waals surface area contributed by atoms with Crippen molar-refractivity contribution < 1.29 is 26.7 Å². The number of hydrogen-bond acceptors (Lipinski definition) is 5. The van der Waals surface area contributed by atoms with Gasteiger partial charge < -0.3 is 5.11 Å². The third kappa shape index (κ3) is 4.31. The van der Waals surface area contributed by atoms with E-state index in [0.717, 1.165) is 34.4 Å². The normalized spacial score (nSPS) is 12.1. The molecule has 4 aromatic rings. The van der Waals surface area contributed by atoms with E-state index in [0.29, 0.717) is 16.1 Å². The van der Waals surface area contributed by atoms with Gasteiger partial charge in [-0.15, -0.1) is 0 Å². The largest absolute Gasteiger partial charge is 0.501 e. The minimum atomic E-state index is -5.54. The van der Waals surface area contributed by atoms with Crippen LogP contribution >= 0.6 is 11.6 Å². The maximum absolute atomic E-state index is 13.0. The first-order chi connectivity index (χ1) is 16.0. The van der Waals surface area contributed by atoms with Crippen LogP contribution in [0.25, 0.3) is 16.8 Å². The molecule has 2 aromatic carbocycles. The number of halogens is 4. The third-order valence-electron chi connectivity index (χ3n) is 5.04. The van der Waals surface area contributed by atoms with Crippen molar-refractivity contribution in [1.82, 2.24) is 14.1 Å². The summed E-state index contributed by atoms with van der Waals surface area (Å²) >= 11 is 6.08. The Balaban J connectivity index is 1.70. The van der Waals surface area contributed by atoms with Gasteiger partial charge in [-0.1, -0.05) is 23.7 Å². The molecule has 7 nitrogen and oxygen atoms in total. The third-order valence-corrected chi connectivity index (χ3v) is 6.77. The number of benzene rings is 2. The summed E-state index contributed by atoms with van der Waals surface area (Å²) in [4.78, 5) is 16.1. The van der Waals surface area contributed by atoms with Crippen LogP contribution in [0.4, 0.5) is 13.2 Å². The predicted molar refractivity (Wildman–Crippen MR) is 119 cm³/mol. The number of imidazole rings is 1. The molecule has 0 aliphatic heterocycles. The summed E-state index contributed by atoms with van der Waals surface area (Å²) in [6.45, 7) is 0.0459. The Labute approximate surface area is 196 Å². The van der Waals surface area contributed by atoms with Gasteiger partial charge in [0.25, 0.3) is 9.84 Å². The molecule has 0 unspecified atom stereocenters. The highest BCUT2D eigenvalue weighted by Crippen LogP contribution is 2.31. The van der Waals surface area contributed by atoms with E-state index in [4.69, 9.17) is 11.6 Å². The van der Waals surface area contributed by atoms with Gasteiger partial charge in [0.1, 0.15) is 0 Å². The van der Waals surface area contributed by atoms with Crippen molar-refractivity contribution in [3.05, 3.63) is 94.3 Å². The number of sulfone groups is 1. The molecule has 12 heteroatoms. The average Bonchev–Trinajstić information content (AvgIpc) is 3.06. The fourth-order valence-corrected chi connectivity index (χ4v) is 4.36. The van der Waals surface area contributed by atoms with Crippen molar-refractivity contribution in [2.24, 2.45) is 0 Å². The molecule has 0 saturated carbocycles. The van der Waals surface area contributed by atoms with E-state index >= 15 is 0 Å². The molecule has 4 rings (SSSR count). The van der Waals surface area contributed by atoms with Crippen molar-refractivity contribution in [3.8, 4) is 22.7 Å². The molecule has 176 valence electrons. The highest BCUT2D eigenvalue weighted by Gasteiger charge is 2.46. The zero-order chi connectivity index (χ0) is 24.7. The average molecular weight is 510 g/mol. The first kappa shape index (κ1) is 23.6. The van der Waals surface area contributed by atoms with Gasteiger partial charge >= 0.3 is 11.2 Å². The van der Waals surface area contributed by atoms with Gasteiger partial charge in [-0.25, -0.2) is 17.8 Å². The number of hydrogen-bond donors (Lipinski definition) is 1. The molecule has 0 amide bonds. The summed E-state index contributed by atoms with van der Waals surface area (Å²) in [7, 11) is -5.54. The second-order valence-corrected chi connectivity index (χ2v) is 9.60. The van der Waals surface area contributed by atoms with Gasteiger partial charge in [-0.3, -0.25) is 9.55 Å². The molecule has 0 atom stereocenters. The zero-order valence-electron chi connectivity index (χ0n) is 17.1. The Morgan fingerprint density at radius 3 is 2.41 bits per heavy atom. The van der Waals surface area contributed by atoms with Crippen molar-refractivity contribution in [3.63, 3.8) is 0 Å². The van der Waals surface area contributed by atoms with Gasteiger partial charge in [0, 0.05) is 23.0 Å². The van der Waals surface area contributed by atoms with Crippen LogP contribution in [0.5, 0.6) is 5.88 Å². The highest BCUT2D eigenvalue weighted by atomic mass is 35.5. The summed E-state index contributed by atoms with van der Waals surface area (Å²) in [5, 5.41) is 10.9. The van der Waals surface area contributed by atoms with E-state index in [1.807, 2.05) is 6.07 Å². The number of nitrogens with zero attached hydrogens (tertiary/aromatic N) is 3. The van der Waals surface area contributed by atoms with Gasteiger partial charge in [0.15, 0.2) is 0 Å². The molecule has 0 fully saturated rings. The second-order valence-electron chi connectivity index (χ2n) is 7.22. The Morgan fingerprint density at radius 2 is 1.76 bits per heavy atom. The van der Waals surface area contributed by atoms with Crippen molar-refractivity contribution in [1.29, 1.82) is 0 Å². The highest BCUT2D eigenvalue weighted by molar-refractivity contribution is 7.92. The molecule has 34 heavy (non-hydrogen) atoms. The molecule has 0 saturated heterocycles. The monoisotopic (exact) mass is 509 g/mol. The smallest absolute Gasteiger partial charge is 0.493 e. The summed E-state index contributed by atoms with van der Waals surface area (Å²) in [5.41, 5.74) is -3.96. The first-order valence-electron chi connectivity index (χ1n) is 9.61. The number of aromatic hydroxyl groups is 1. The maximum Gasteiger partial charge on any atom is 0.501 e. The molecule has 2 heterocycles. The standard InChI is InChI=1S/C22H15ClF3N3O4S/c23-16-3-1-2-14(10-16)19-11-27-9-8-15(19)12-28-13-20(30)29(21(28)31)17-4-6-18(7-5-17)34(32,33)22(24,25)26/h1-11,13,30H,12H2. The van der Waals surface area contributed by atoms with Gasteiger partial charge in [0.05, 0.1) is 23.3 Å². The summed E-state index contributed by atoms with van der Waals surface area (Å²) in [6.07, 6.45) is 4.33. The molecule has 0 bridgehead atoms. The van der Waals surface area contributed by atoms with Crippen molar-refractivity contribution >= 4 is 21.4 Å². The van der Waals surface area contributed by atoms with Crippen LogP contribution in [0.15, 0.2) is 82.9 Å². The van der Waals surface area contributed by atoms with E-state index in [1.54, 1.807) is 36.7 Å². The van der Waals surface area contributed by atoms with Gasteiger partial charge in [-0.2, -0.15) is 13.2 Å². The Bertz CT molecular complexity index is 1530. The van der Waals surface area contributed by atoms with E-state index < -0.39 is 31.8 Å². The van der Waals surface area contributed by atoms with E-state index in [-0.39, 0.29) is 12.2 Å². The van der Waals surface area contributed by atoms with Gasteiger partial charge in [-0.05, 0) is 53.6 Å². The lowest BCUT2D eigenvalue weighted by Gasteiger charge is -2.10. The van der Waals surface area contributed by atoms with E-state index in [2.05, 4.69) is 4.98 Å². The molecular weight excluding hydrogens is 495 g/mol. The molecule has 0 spiro atoms. The fraction of sp³-hybridized carbons (Fsp3) is 0.0909. The van der Waals surface area contributed by atoms with E-state index in [1.165, 1.54) is 10.8 Å². The van der Waals surface area contributed by atoms with Crippen LogP contribution in [0.2, 0.25) is 5.02 Å². The summed E-state index contributed by atoms with van der Waals surface area (Å²) < 4.78 is 63.4. The first-order valence-corrected chi connectivity index (χ1v) is 11.5. The van der Waals surface area contributed by atoms with Crippen molar-refractivity contribution in [2.75, 3.05) is 0 Å². The Kier molecular flexibility index (Phi) is 6.00. The molecule has 2 aromatic heterocycles. The maximum atomic E-state index is 13.0. The molecular formula is C22H15ClF3N3O4S. The lowest BCUT2D eigenvalue weighted by Crippen LogP contribution is -2.24. The lowest BCUT2D eigenvalue weighted by atomic mass is 10.0. The number of alkyl halides is 3. The molecule has 1 N–H and O–H groups in total. The van der Waals surface area contributed by atoms with Gasteiger partial charge in [0.2, 0.25) is 5.88 Å². The lowest BCUT2D eigenvalue weighted by molar-refractivity contribution is -0.0436. The Morgan fingerprint density at radius 1 is 1.06 bits per heavy atom. The van der Waals surface area contributed by atoms with Crippen molar-refractivity contribution in [2.45, 2.75) is 16.9 Å². The number of aromatic nitrogens is 3. The number of rotatable bonds is 5. The van der Waals surface area contributed by atoms with Crippen LogP contribution in [-0.2, 0) is 16.4 Å². The minimum Gasteiger partial charge on any atom is -0.493 e. The number of pyridine rings is 1. The molecule has 0 aliphatic carbocycles. The van der Waals surface area contributed by atoms with E-state index in [9.17, 15) is 31.5 Å². The quantitative estimate of drug-likeness (QED) is 0.430.